The molecule has 0 bridgehead atoms. The van der Waals surface area contributed by atoms with E-state index in [0.29, 0.717) is 6.54 Å². The second kappa shape index (κ2) is 8.50. The molecule has 0 saturated carbocycles. The van der Waals surface area contributed by atoms with Gasteiger partial charge in [-0.3, -0.25) is 9.69 Å². The lowest BCUT2D eigenvalue weighted by molar-refractivity contribution is -0.125. The molecule has 24 heavy (non-hydrogen) atoms. The minimum atomic E-state index is -0.289. The van der Waals surface area contributed by atoms with Crippen molar-refractivity contribution in [1.29, 1.82) is 0 Å². The Morgan fingerprint density at radius 2 is 1.92 bits per heavy atom. The molecule has 0 fully saturated rings. The van der Waals surface area contributed by atoms with Crippen molar-refractivity contribution in [2.75, 3.05) is 27.7 Å². The number of methoxy groups -OCH3 is 1. The van der Waals surface area contributed by atoms with E-state index in [1.807, 2.05) is 68.4 Å². The van der Waals surface area contributed by atoms with Crippen LogP contribution in [0, 0.1) is 6.92 Å². The third-order valence-corrected chi connectivity index (χ3v) is 4.01. The summed E-state index contributed by atoms with van der Waals surface area (Å²) in [5.41, 5.74) is 3.26. The molecule has 0 aliphatic rings. The average molecular weight is 326 g/mol. The Labute approximate surface area is 144 Å². The molecule has 1 unspecified atom stereocenters. The fourth-order valence-electron chi connectivity index (χ4n) is 2.85. The van der Waals surface area contributed by atoms with Gasteiger partial charge in [-0.05, 0) is 44.6 Å². The number of hydrogen-bond donors (Lipinski definition) is 1. The fourth-order valence-corrected chi connectivity index (χ4v) is 2.85. The topological polar surface area (TPSA) is 41.6 Å². The lowest BCUT2D eigenvalue weighted by atomic mass is 10.0. The van der Waals surface area contributed by atoms with Gasteiger partial charge >= 0.3 is 0 Å². The van der Waals surface area contributed by atoms with Crippen molar-refractivity contribution in [2.24, 2.45) is 0 Å². The van der Waals surface area contributed by atoms with Crippen LogP contribution < -0.4 is 10.1 Å². The molecule has 0 saturated heterocycles. The first kappa shape index (κ1) is 18.0. The van der Waals surface area contributed by atoms with Crippen LogP contribution >= 0.6 is 0 Å². The second-order valence-corrected chi connectivity index (χ2v) is 6.13. The van der Waals surface area contributed by atoms with Crippen LogP contribution in [0.15, 0.2) is 48.5 Å². The quantitative estimate of drug-likeness (QED) is 0.850. The summed E-state index contributed by atoms with van der Waals surface area (Å²) in [7, 11) is 5.51. The van der Waals surface area contributed by atoms with Gasteiger partial charge in [-0.25, -0.2) is 0 Å². The minimum Gasteiger partial charge on any atom is -0.496 e. The van der Waals surface area contributed by atoms with Gasteiger partial charge in [0, 0.05) is 6.54 Å². The zero-order valence-corrected chi connectivity index (χ0v) is 14.9. The normalized spacial score (nSPS) is 12.0. The molecule has 0 radical (unpaired) electrons. The smallest absolute Gasteiger partial charge is 0.241 e. The van der Waals surface area contributed by atoms with Crippen LogP contribution in [0.2, 0.25) is 0 Å². The molecule has 0 aliphatic carbocycles. The van der Waals surface area contributed by atoms with Crippen molar-refractivity contribution in [1.82, 2.24) is 10.2 Å². The Morgan fingerprint density at radius 1 is 1.17 bits per heavy atom. The van der Waals surface area contributed by atoms with Gasteiger partial charge < -0.3 is 10.1 Å². The van der Waals surface area contributed by atoms with Gasteiger partial charge in [0.05, 0.1) is 7.11 Å². The van der Waals surface area contributed by atoms with Crippen molar-refractivity contribution in [2.45, 2.75) is 19.4 Å². The van der Waals surface area contributed by atoms with Crippen LogP contribution in [0.1, 0.15) is 22.7 Å². The number of benzene rings is 2. The molecule has 128 valence electrons. The molecule has 0 spiro atoms. The highest BCUT2D eigenvalue weighted by Crippen LogP contribution is 2.20. The molecule has 4 heteroatoms. The first-order chi connectivity index (χ1) is 11.5. The summed E-state index contributed by atoms with van der Waals surface area (Å²) in [5.74, 6) is 0.870. The van der Waals surface area contributed by atoms with Gasteiger partial charge in [-0.15, -0.1) is 0 Å². The first-order valence-corrected chi connectivity index (χ1v) is 8.15. The lowest BCUT2D eigenvalue weighted by Gasteiger charge is -2.24. The fraction of sp³-hybridized carbons (Fsp3) is 0.350. The molecule has 1 atom stereocenters. The third-order valence-electron chi connectivity index (χ3n) is 4.01. The number of rotatable bonds is 7. The van der Waals surface area contributed by atoms with Gasteiger partial charge in [0.15, 0.2) is 0 Å². The predicted octanol–water partition coefficient (Wildman–Crippen LogP) is 2.97. The maximum Gasteiger partial charge on any atom is 0.241 e. The van der Waals surface area contributed by atoms with Gasteiger partial charge in [-0.1, -0.05) is 48.0 Å². The molecule has 1 N–H and O–H groups in total. The maximum absolute atomic E-state index is 12.7. The highest BCUT2D eigenvalue weighted by atomic mass is 16.5. The number of carbonyl (C=O) groups excluding carboxylic acids is 1. The Kier molecular flexibility index (Phi) is 6.38. The van der Waals surface area contributed by atoms with E-state index >= 15 is 0 Å². The van der Waals surface area contributed by atoms with Gasteiger partial charge in [0.1, 0.15) is 11.8 Å². The summed E-state index contributed by atoms with van der Waals surface area (Å²) in [6.45, 7) is 2.62. The monoisotopic (exact) mass is 326 g/mol. The maximum atomic E-state index is 12.7. The molecule has 2 aromatic rings. The second-order valence-electron chi connectivity index (χ2n) is 6.13. The van der Waals surface area contributed by atoms with E-state index in [2.05, 4.69) is 11.4 Å². The minimum absolute atomic E-state index is 0.0143. The van der Waals surface area contributed by atoms with Gasteiger partial charge in [0.2, 0.25) is 5.91 Å². The van der Waals surface area contributed by atoms with Crippen LogP contribution in [0.25, 0.3) is 0 Å². The number of para-hydroxylation sites is 1. The van der Waals surface area contributed by atoms with Crippen molar-refractivity contribution < 1.29 is 9.53 Å². The molecule has 2 aromatic carbocycles. The number of hydrogen-bond acceptors (Lipinski definition) is 3. The molecule has 1 amide bonds. The van der Waals surface area contributed by atoms with Crippen molar-refractivity contribution in [3.63, 3.8) is 0 Å². The summed E-state index contributed by atoms with van der Waals surface area (Å²) < 4.78 is 5.35. The largest absolute Gasteiger partial charge is 0.496 e. The number of amides is 1. The summed E-state index contributed by atoms with van der Waals surface area (Å²) in [5, 5.41) is 3.05. The highest BCUT2D eigenvalue weighted by Gasteiger charge is 2.22. The molecule has 0 aromatic heterocycles. The van der Waals surface area contributed by atoms with E-state index < -0.39 is 0 Å². The van der Waals surface area contributed by atoms with Crippen LogP contribution in [-0.2, 0) is 11.2 Å². The van der Waals surface area contributed by atoms with Crippen molar-refractivity contribution >= 4 is 5.91 Å². The van der Waals surface area contributed by atoms with Crippen molar-refractivity contribution in [3.8, 4) is 5.75 Å². The van der Waals surface area contributed by atoms with Crippen LogP contribution in [-0.4, -0.2) is 38.6 Å². The zero-order chi connectivity index (χ0) is 17.5. The molecule has 0 heterocycles. The predicted molar refractivity (Wildman–Crippen MR) is 97.3 cm³/mol. The van der Waals surface area contributed by atoms with Gasteiger partial charge in [-0.2, -0.15) is 0 Å². The Bertz CT molecular complexity index is 683. The van der Waals surface area contributed by atoms with E-state index in [4.69, 9.17) is 4.74 Å². The van der Waals surface area contributed by atoms with Crippen LogP contribution in [0.3, 0.4) is 0 Å². The molecule has 0 aliphatic heterocycles. The summed E-state index contributed by atoms with van der Waals surface area (Å²) in [4.78, 5) is 14.6. The average Bonchev–Trinajstić information content (AvgIpc) is 2.55. The number of aryl methyl sites for hydroxylation is 1. The molecular weight excluding hydrogens is 300 g/mol. The Morgan fingerprint density at radius 3 is 2.58 bits per heavy atom. The van der Waals surface area contributed by atoms with Crippen LogP contribution in [0.5, 0.6) is 5.75 Å². The third kappa shape index (κ3) is 4.59. The summed E-state index contributed by atoms with van der Waals surface area (Å²) in [6.07, 6.45) is 0.740. The first-order valence-electron chi connectivity index (χ1n) is 8.15. The Hall–Kier alpha value is -2.33. The van der Waals surface area contributed by atoms with E-state index in [-0.39, 0.29) is 11.9 Å². The molecular formula is C20H26N2O2. The summed E-state index contributed by atoms with van der Waals surface area (Å²) >= 11 is 0. The number of ether oxygens (including phenoxy) is 1. The van der Waals surface area contributed by atoms with E-state index in [1.54, 1.807) is 7.11 Å². The standard InChI is InChI=1S/C20H26N2O2/c1-15-8-7-10-17(14-15)19(22(2)3)20(23)21-13-12-16-9-5-6-11-18(16)24-4/h5-11,14,19H,12-13H2,1-4H3,(H,21,23). The SMILES string of the molecule is COc1ccccc1CCNC(=O)C(c1cccc(C)c1)N(C)C. The van der Waals surface area contributed by atoms with Crippen molar-refractivity contribution in [3.05, 3.63) is 65.2 Å². The van der Waals surface area contributed by atoms with Crippen LogP contribution in [0.4, 0.5) is 0 Å². The molecule has 2 rings (SSSR count). The zero-order valence-electron chi connectivity index (χ0n) is 14.9. The lowest BCUT2D eigenvalue weighted by Crippen LogP contribution is -2.38. The molecule has 4 nitrogen and oxygen atoms in total. The van der Waals surface area contributed by atoms with E-state index in [1.165, 1.54) is 0 Å². The van der Waals surface area contributed by atoms with E-state index in [0.717, 1.165) is 28.9 Å². The highest BCUT2D eigenvalue weighted by molar-refractivity contribution is 5.83. The number of likely N-dealkylation sites (N-methyl/N-ethyl adjacent to an activating group) is 1. The number of nitrogens with one attached hydrogen (secondary N) is 1. The number of nitrogens with zero attached hydrogens (tertiary/aromatic N) is 1. The number of carbonyl (C=O) groups is 1. The summed E-state index contributed by atoms with van der Waals surface area (Å²) in [6, 6.07) is 15.7. The van der Waals surface area contributed by atoms with E-state index in [9.17, 15) is 4.79 Å². The van der Waals surface area contributed by atoms with Gasteiger partial charge in [0.25, 0.3) is 0 Å². The Balaban J connectivity index is 2.01.